The Morgan fingerprint density at radius 1 is 1.40 bits per heavy atom. The highest BCUT2D eigenvalue weighted by molar-refractivity contribution is 7.80. The third-order valence-corrected chi connectivity index (χ3v) is 4.08. The Morgan fingerprint density at radius 2 is 2.05 bits per heavy atom. The molecule has 1 fully saturated rings. The molecule has 0 aromatic heterocycles. The molecule has 0 saturated carbocycles. The van der Waals surface area contributed by atoms with E-state index in [9.17, 15) is 4.79 Å². The van der Waals surface area contributed by atoms with Crippen LogP contribution in [0.2, 0.25) is 0 Å². The Hall–Kier alpha value is -1.46. The fourth-order valence-corrected chi connectivity index (χ4v) is 2.60. The van der Waals surface area contributed by atoms with Crippen LogP contribution in [0.1, 0.15) is 17.5 Å². The molecule has 1 saturated heterocycles. The molecule has 1 heterocycles. The van der Waals surface area contributed by atoms with Crippen molar-refractivity contribution in [3.8, 4) is 0 Å². The fraction of sp³-hybridized carbons (Fsp3) is 0.467. The van der Waals surface area contributed by atoms with Gasteiger partial charge in [-0.25, -0.2) is 0 Å². The van der Waals surface area contributed by atoms with Crippen molar-refractivity contribution in [1.82, 2.24) is 9.80 Å². The molecule has 108 valence electrons. The Kier molecular flexibility index (Phi) is 4.73. The molecular weight excluding hydrogens is 270 g/mol. The topological polar surface area (TPSA) is 49.6 Å². The van der Waals surface area contributed by atoms with E-state index in [0.717, 1.165) is 30.6 Å². The van der Waals surface area contributed by atoms with Gasteiger partial charge in [-0.05, 0) is 26.1 Å². The lowest BCUT2D eigenvalue weighted by atomic mass is 10.1. The third kappa shape index (κ3) is 3.55. The van der Waals surface area contributed by atoms with Crippen molar-refractivity contribution in [3.05, 3.63) is 35.4 Å². The van der Waals surface area contributed by atoms with Crippen LogP contribution in [0.4, 0.5) is 0 Å². The lowest BCUT2D eigenvalue weighted by Crippen LogP contribution is -2.35. The van der Waals surface area contributed by atoms with E-state index in [1.54, 1.807) is 0 Å². The molecule has 2 rings (SSSR count). The minimum Gasteiger partial charge on any atom is -0.389 e. The van der Waals surface area contributed by atoms with Crippen molar-refractivity contribution in [2.45, 2.75) is 18.9 Å². The zero-order chi connectivity index (χ0) is 14.7. The van der Waals surface area contributed by atoms with Gasteiger partial charge in [-0.2, -0.15) is 0 Å². The maximum Gasteiger partial charge on any atom is 0.227 e. The van der Waals surface area contributed by atoms with E-state index >= 15 is 0 Å². The number of carbonyl (C=O) groups excluding carboxylic acids is 1. The number of benzene rings is 1. The van der Waals surface area contributed by atoms with Crippen LogP contribution in [0.25, 0.3) is 0 Å². The van der Waals surface area contributed by atoms with Crippen molar-refractivity contribution in [2.75, 3.05) is 27.2 Å². The Balaban J connectivity index is 1.93. The Morgan fingerprint density at radius 3 is 2.55 bits per heavy atom. The molecule has 0 spiro atoms. The van der Waals surface area contributed by atoms with Gasteiger partial charge >= 0.3 is 0 Å². The van der Waals surface area contributed by atoms with Crippen LogP contribution >= 0.6 is 12.2 Å². The summed E-state index contributed by atoms with van der Waals surface area (Å²) in [4.78, 5) is 16.8. The molecule has 5 heteroatoms. The highest BCUT2D eigenvalue weighted by Crippen LogP contribution is 2.15. The first-order valence-electron chi connectivity index (χ1n) is 6.80. The molecule has 1 aliphatic rings. The fourth-order valence-electron chi connectivity index (χ4n) is 2.46. The summed E-state index contributed by atoms with van der Waals surface area (Å²) >= 11 is 4.92. The van der Waals surface area contributed by atoms with E-state index < -0.39 is 0 Å². The number of likely N-dealkylation sites (tertiary alicyclic amines) is 1. The van der Waals surface area contributed by atoms with Crippen LogP contribution in [0.5, 0.6) is 0 Å². The van der Waals surface area contributed by atoms with E-state index in [4.69, 9.17) is 18.0 Å². The normalized spacial score (nSPS) is 18.6. The highest BCUT2D eigenvalue weighted by atomic mass is 32.1. The maximum absolute atomic E-state index is 12.3. The summed E-state index contributed by atoms with van der Waals surface area (Å²) in [5.41, 5.74) is 7.40. The van der Waals surface area contributed by atoms with Crippen LogP contribution in [-0.2, 0) is 11.2 Å². The Bertz CT molecular complexity index is 498. The van der Waals surface area contributed by atoms with Crippen molar-refractivity contribution in [2.24, 2.45) is 5.73 Å². The minimum absolute atomic E-state index is 0.192. The summed E-state index contributed by atoms with van der Waals surface area (Å²) < 4.78 is 0. The molecule has 0 radical (unpaired) electrons. The van der Waals surface area contributed by atoms with E-state index in [-0.39, 0.29) is 5.91 Å². The SMILES string of the molecule is CN(C)C1CCN(C(=O)Cc2ccc(C(N)=S)cc2)C1. The number of thiocarbonyl (C=S) groups is 1. The predicted molar refractivity (Wildman–Crippen MR) is 84.7 cm³/mol. The molecule has 4 nitrogen and oxygen atoms in total. The zero-order valence-corrected chi connectivity index (χ0v) is 12.8. The average molecular weight is 291 g/mol. The molecule has 1 aliphatic heterocycles. The van der Waals surface area contributed by atoms with Gasteiger partial charge in [-0.15, -0.1) is 0 Å². The summed E-state index contributed by atoms with van der Waals surface area (Å²) in [6.07, 6.45) is 1.50. The van der Waals surface area contributed by atoms with Crippen LogP contribution in [0, 0.1) is 0 Å². The first-order valence-corrected chi connectivity index (χ1v) is 7.21. The van der Waals surface area contributed by atoms with Gasteiger partial charge < -0.3 is 15.5 Å². The maximum atomic E-state index is 12.3. The van der Waals surface area contributed by atoms with Crippen molar-refractivity contribution >= 4 is 23.1 Å². The van der Waals surface area contributed by atoms with E-state index in [1.807, 2.05) is 29.2 Å². The largest absolute Gasteiger partial charge is 0.389 e. The summed E-state index contributed by atoms with van der Waals surface area (Å²) in [5, 5.41) is 0. The monoisotopic (exact) mass is 291 g/mol. The molecule has 1 amide bonds. The lowest BCUT2D eigenvalue weighted by molar-refractivity contribution is -0.129. The Labute approximate surface area is 125 Å². The summed E-state index contributed by atoms with van der Waals surface area (Å²) in [5.74, 6) is 0.192. The van der Waals surface area contributed by atoms with Crippen LogP contribution in [0.15, 0.2) is 24.3 Å². The molecule has 1 aromatic carbocycles. The number of carbonyl (C=O) groups is 1. The van der Waals surface area contributed by atoms with Gasteiger partial charge in [0.05, 0.1) is 6.42 Å². The second-order valence-corrected chi connectivity index (χ2v) is 5.92. The summed E-state index contributed by atoms with van der Waals surface area (Å²) in [6.45, 7) is 1.68. The first kappa shape index (κ1) is 14.9. The second-order valence-electron chi connectivity index (χ2n) is 5.48. The standard InChI is InChI=1S/C15H21N3OS/c1-17(2)13-7-8-18(10-13)14(19)9-11-3-5-12(6-4-11)15(16)20/h3-6,13H,7-10H2,1-2H3,(H2,16,20). The third-order valence-electron chi connectivity index (χ3n) is 3.84. The second kappa shape index (κ2) is 6.33. The number of rotatable bonds is 4. The lowest BCUT2D eigenvalue weighted by Gasteiger charge is -2.20. The molecule has 1 aromatic rings. The van der Waals surface area contributed by atoms with Gasteiger partial charge in [0.15, 0.2) is 0 Å². The quantitative estimate of drug-likeness (QED) is 0.842. The summed E-state index contributed by atoms with van der Waals surface area (Å²) in [6, 6.07) is 8.07. The number of nitrogens with zero attached hydrogens (tertiary/aromatic N) is 2. The number of nitrogens with two attached hydrogens (primary N) is 1. The number of amides is 1. The predicted octanol–water partition coefficient (Wildman–Crippen LogP) is 1.03. The van der Waals surface area contributed by atoms with Crippen LogP contribution in [-0.4, -0.2) is 53.9 Å². The molecule has 2 N–H and O–H groups in total. The van der Waals surface area contributed by atoms with E-state index in [1.165, 1.54) is 0 Å². The van der Waals surface area contributed by atoms with Gasteiger partial charge in [-0.1, -0.05) is 36.5 Å². The average Bonchev–Trinajstić information content (AvgIpc) is 2.89. The molecule has 0 bridgehead atoms. The van der Waals surface area contributed by atoms with Crippen molar-refractivity contribution in [3.63, 3.8) is 0 Å². The van der Waals surface area contributed by atoms with Crippen LogP contribution < -0.4 is 5.73 Å². The number of hydrogen-bond acceptors (Lipinski definition) is 3. The van der Waals surface area contributed by atoms with Gasteiger partial charge in [0.25, 0.3) is 0 Å². The van der Waals surface area contributed by atoms with E-state index in [0.29, 0.717) is 17.5 Å². The molecule has 0 aliphatic carbocycles. The van der Waals surface area contributed by atoms with E-state index in [2.05, 4.69) is 19.0 Å². The van der Waals surface area contributed by atoms with Gasteiger partial charge in [0.2, 0.25) is 5.91 Å². The molecule has 1 unspecified atom stereocenters. The zero-order valence-electron chi connectivity index (χ0n) is 12.0. The smallest absolute Gasteiger partial charge is 0.227 e. The van der Waals surface area contributed by atoms with Crippen LogP contribution in [0.3, 0.4) is 0 Å². The van der Waals surface area contributed by atoms with Crippen molar-refractivity contribution in [1.29, 1.82) is 0 Å². The minimum atomic E-state index is 0.192. The van der Waals surface area contributed by atoms with Crippen molar-refractivity contribution < 1.29 is 4.79 Å². The molecule has 20 heavy (non-hydrogen) atoms. The number of likely N-dealkylation sites (N-methyl/N-ethyl adjacent to an activating group) is 1. The highest BCUT2D eigenvalue weighted by Gasteiger charge is 2.27. The first-order chi connectivity index (χ1) is 9.47. The summed E-state index contributed by atoms with van der Waals surface area (Å²) in [7, 11) is 4.13. The molecule has 1 atom stereocenters. The number of hydrogen-bond donors (Lipinski definition) is 1. The molecular formula is C15H21N3OS. The van der Waals surface area contributed by atoms with Gasteiger partial charge in [-0.3, -0.25) is 4.79 Å². The van der Waals surface area contributed by atoms with Gasteiger partial charge in [0, 0.05) is 24.7 Å². The van der Waals surface area contributed by atoms with Gasteiger partial charge in [0.1, 0.15) is 4.99 Å².